The molecule has 2 aromatic rings. The summed E-state index contributed by atoms with van der Waals surface area (Å²) in [6.07, 6.45) is 0. The van der Waals surface area contributed by atoms with Crippen LogP contribution in [0.1, 0.15) is 0 Å². The number of non-ortho nitro benzene ring substituents is 1. The van der Waals surface area contributed by atoms with Crippen molar-refractivity contribution >= 4 is 34.4 Å². The normalized spacial score (nSPS) is 16.1. The summed E-state index contributed by atoms with van der Waals surface area (Å²) in [6.45, 7) is 3.38. The molecule has 1 aliphatic heterocycles. The second-order valence-corrected chi connectivity index (χ2v) is 6.39. The Hall–Kier alpha value is -1.36. The molecule has 18 heavy (non-hydrogen) atoms. The average Bonchev–Trinajstić information content (AvgIpc) is 2.82. The van der Waals surface area contributed by atoms with Crippen LogP contribution in [0.5, 0.6) is 0 Å². The van der Waals surface area contributed by atoms with Gasteiger partial charge in [-0.1, -0.05) is 0 Å². The van der Waals surface area contributed by atoms with Gasteiger partial charge in [0.25, 0.3) is 0 Å². The van der Waals surface area contributed by atoms with Gasteiger partial charge in [-0.3, -0.25) is 0 Å². The van der Waals surface area contributed by atoms with E-state index in [0.717, 1.165) is 31.7 Å². The number of nitro groups is 1. The van der Waals surface area contributed by atoms with Gasteiger partial charge in [0.05, 0.1) is 0 Å². The zero-order valence-corrected chi connectivity index (χ0v) is 11.4. The van der Waals surface area contributed by atoms with Gasteiger partial charge in [0, 0.05) is 0 Å². The molecule has 3 rings (SSSR count). The summed E-state index contributed by atoms with van der Waals surface area (Å²) in [5, 5.41) is 11.8. The van der Waals surface area contributed by atoms with E-state index in [2.05, 4.69) is 11.0 Å². The van der Waals surface area contributed by atoms with Gasteiger partial charge >= 0.3 is 110 Å². The first kappa shape index (κ1) is 11.7. The van der Waals surface area contributed by atoms with Crippen LogP contribution in [0.2, 0.25) is 0 Å². The molecule has 94 valence electrons. The summed E-state index contributed by atoms with van der Waals surface area (Å²) in [6, 6.07) is 7.24. The second kappa shape index (κ2) is 4.72. The minimum atomic E-state index is -0.339. The SMILES string of the molecule is O=[N+]([O-])c1ccc2[se]c(N3CCOCC3)cc2c1. The number of rotatable bonds is 2. The van der Waals surface area contributed by atoms with Gasteiger partial charge in [0.2, 0.25) is 0 Å². The molecule has 0 unspecified atom stereocenters. The number of fused-ring (bicyclic) bond motifs is 1. The van der Waals surface area contributed by atoms with E-state index in [9.17, 15) is 10.1 Å². The third kappa shape index (κ3) is 2.14. The van der Waals surface area contributed by atoms with E-state index in [0.29, 0.717) is 0 Å². The van der Waals surface area contributed by atoms with Gasteiger partial charge in [0.15, 0.2) is 0 Å². The van der Waals surface area contributed by atoms with Gasteiger partial charge in [-0.05, 0) is 0 Å². The fraction of sp³-hybridized carbons (Fsp3) is 0.333. The molecule has 0 atom stereocenters. The van der Waals surface area contributed by atoms with E-state index >= 15 is 0 Å². The molecule has 0 amide bonds. The summed E-state index contributed by atoms with van der Waals surface area (Å²) >= 11 is 0.266. The molecule has 1 aliphatic rings. The van der Waals surface area contributed by atoms with Crippen molar-refractivity contribution in [2.75, 3.05) is 31.2 Å². The Balaban J connectivity index is 1.97. The molecule has 0 spiro atoms. The zero-order valence-electron chi connectivity index (χ0n) is 9.67. The van der Waals surface area contributed by atoms with Crippen molar-refractivity contribution in [3.8, 4) is 0 Å². The third-order valence-electron chi connectivity index (χ3n) is 3.02. The van der Waals surface area contributed by atoms with Crippen molar-refractivity contribution in [2.45, 2.75) is 0 Å². The number of benzene rings is 1. The van der Waals surface area contributed by atoms with Crippen molar-refractivity contribution < 1.29 is 9.66 Å². The average molecular weight is 311 g/mol. The van der Waals surface area contributed by atoms with Crippen LogP contribution in [0, 0.1) is 10.1 Å². The van der Waals surface area contributed by atoms with Crippen LogP contribution in [0.25, 0.3) is 9.65 Å². The van der Waals surface area contributed by atoms with E-state index in [-0.39, 0.29) is 25.1 Å². The number of ether oxygens (including phenoxy) is 1. The molecule has 0 N–H and O–H groups in total. The number of morpholine rings is 1. The van der Waals surface area contributed by atoms with Crippen molar-refractivity contribution in [2.24, 2.45) is 0 Å². The molecular formula is C12H12N2O3Se. The van der Waals surface area contributed by atoms with Gasteiger partial charge in [-0.25, -0.2) is 0 Å². The molecule has 6 heteroatoms. The first-order valence-corrected chi connectivity index (χ1v) is 7.46. The maximum absolute atomic E-state index is 10.7. The van der Waals surface area contributed by atoms with Crippen molar-refractivity contribution in [3.63, 3.8) is 0 Å². The quantitative estimate of drug-likeness (QED) is 0.481. The standard InChI is InChI=1S/C12H12N2O3Se/c15-14(16)10-1-2-11-9(7-10)8-12(18-11)13-3-5-17-6-4-13/h1-2,7-8H,3-6H2. The van der Waals surface area contributed by atoms with Gasteiger partial charge in [0.1, 0.15) is 0 Å². The second-order valence-electron chi connectivity index (χ2n) is 4.16. The summed E-state index contributed by atoms with van der Waals surface area (Å²) in [4.78, 5) is 12.7. The Morgan fingerprint density at radius 1 is 1.28 bits per heavy atom. The van der Waals surface area contributed by atoms with E-state index in [1.54, 1.807) is 12.1 Å². The Labute approximate surface area is 110 Å². The summed E-state index contributed by atoms with van der Waals surface area (Å²) < 4.78 is 7.87. The maximum atomic E-state index is 10.7. The first-order chi connectivity index (χ1) is 8.74. The molecule has 1 saturated heterocycles. The molecule has 1 fully saturated rings. The van der Waals surface area contributed by atoms with Crippen LogP contribution in [0.15, 0.2) is 24.3 Å². The summed E-state index contributed by atoms with van der Waals surface area (Å²) in [5.41, 5.74) is 0.170. The first-order valence-electron chi connectivity index (χ1n) is 5.75. The Kier molecular flexibility index (Phi) is 3.07. The molecule has 1 aromatic heterocycles. The minimum absolute atomic E-state index is 0.170. The number of nitrogens with zero attached hydrogens (tertiary/aromatic N) is 2. The van der Waals surface area contributed by atoms with E-state index < -0.39 is 0 Å². The van der Waals surface area contributed by atoms with E-state index in [1.807, 2.05) is 6.07 Å². The fourth-order valence-electron chi connectivity index (χ4n) is 2.07. The van der Waals surface area contributed by atoms with Gasteiger partial charge in [-0.15, -0.1) is 0 Å². The molecular weight excluding hydrogens is 299 g/mol. The summed E-state index contributed by atoms with van der Waals surface area (Å²) in [5.74, 6) is 0. The molecule has 0 radical (unpaired) electrons. The predicted molar refractivity (Wildman–Crippen MR) is 70.6 cm³/mol. The third-order valence-corrected chi connectivity index (χ3v) is 5.49. The Morgan fingerprint density at radius 2 is 2.06 bits per heavy atom. The van der Waals surface area contributed by atoms with Crippen LogP contribution >= 0.6 is 0 Å². The molecule has 1 aromatic carbocycles. The monoisotopic (exact) mass is 312 g/mol. The molecule has 2 heterocycles. The van der Waals surface area contributed by atoms with Crippen LogP contribution in [0.4, 0.5) is 10.2 Å². The van der Waals surface area contributed by atoms with Crippen molar-refractivity contribution in [1.29, 1.82) is 0 Å². The van der Waals surface area contributed by atoms with Gasteiger partial charge in [-0.2, -0.15) is 0 Å². The Morgan fingerprint density at radius 3 is 2.78 bits per heavy atom. The van der Waals surface area contributed by atoms with E-state index in [1.165, 1.54) is 8.82 Å². The van der Waals surface area contributed by atoms with E-state index in [4.69, 9.17) is 4.74 Å². The molecule has 0 bridgehead atoms. The number of anilines is 1. The van der Waals surface area contributed by atoms with Crippen LogP contribution < -0.4 is 4.90 Å². The molecule has 5 nitrogen and oxygen atoms in total. The van der Waals surface area contributed by atoms with Crippen LogP contribution in [0.3, 0.4) is 0 Å². The van der Waals surface area contributed by atoms with Crippen molar-refractivity contribution in [1.82, 2.24) is 0 Å². The zero-order chi connectivity index (χ0) is 12.5. The predicted octanol–water partition coefficient (Wildman–Crippen LogP) is 1.64. The van der Waals surface area contributed by atoms with Gasteiger partial charge < -0.3 is 0 Å². The summed E-state index contributed by atoms with van der Waals surface area (Å²) in [7, 11) is 0. The Bertz CT molecular complexity index is 590. The molecule has 0 aliphatic carbocycles. The number of hydrogen-bond donors (Lipinski definition) is 0. The van der Waals surface area contributed by atoms with Crippen LogP contribution in [-0.2, 0) is 4.74 Å². The van der Waals surface area contributed by atoms with Crippen LogP contribution in [-0.4, -0.2) is 45.7 Å². The fourth-order valence-corrected chi connectivity index (χ4v) is 4.37. The topological polar surface area (TPSA) is 55.6 Å². The molecule has 0 saturated carbocycles. The van der Waals surface area contributed by atoms with Crippen molar-refractivity contribution in [3.05, 3.63) is 34.4 Å². The number of nitro benzene ring substituents is 1. The number of hydrogen-bond acceptors (Lipinski definition) is 4.